The van der Waals surface area contributed by atoms with Crippen LogP contribution in [0.25, 0.3) is 0 Å². The zero-order valence-electron chi connectivity index (χ0n) is 10.9. The molecular formula is C15H15BrFNO. The summed E-state index contributed by atoms with van der Waals surface area (Å²) in [4.78, 5) is 2.09. The average Bonchev–Trinajstić information content (AvgIpc) is 2.43. The van der Waals surface area contributed by atoms with E-state index in [1.54, 1.807) is 19.2 Å². The Bertz CT molecular complexity index is 574. The summed E-state index contributed by atoms with van der Waals surface area (Å²) in [5.74, 6) is 0.581. The van der Waals surface area contributed by atoms with Gasteiger partial charge in [0.2, 0.25) is 0 Å². The molecule has 0 N–H and O–H groups in total. The van der Waals surface area contributed by atoms with E-state index in [0.717, 1.165) is 17.0 Å². The van der Waals surface area contributed by atoms with E-state index in [1.165, 1.54) is 6.07 Å². The lowest BCUT2D eigenvalue weighted by Crippen LogP contribution is -2.16. The molecule has 4 heteroatoms. The minimum atomic E-state index is -0.243. The number of halogens is 2. The first-order valence-corrected chi connectivity index (χ1v) is 6.68. The van der Waals surface area contributed by atoms with Gasteiger partial charge in [0.1, 0.15) is 11.6 Å². The van der Waals surface area contributed by atoms with Gasteiger partial charge in [-0.2, -0.15) is 0 Å². The molecule has 2 rings (SSSR count). The first kappa shape index (κ1) is 13.9. The molecule has 100 valence electrons. The first-order chi connectivity index (χ1) is 9.10. The minimum absolute atomic E-state index is 0.243. The van der Waals surface area contributed by atoms with Crippen molar-refractivity contribution in [2.75, 3.05) is 19.1 Å². The van der Waals surface area contributed by atoms with E-state index >= 15 is 0 Å². The fourth-order valence-electron chi connectivity index (χ4n) is 1.85. The molecule has 2 nitrogen and oxygen atoms in total. The van der Waals surface area contributed by atoms with Crippen molar-refractivity contribution < 1.29 is 9.13 Å². The van der Waals surface area contributed by atoms with Crippen molar-refractivity contribution in [1.82, 2.24) is 0 Å². The van der Waals surface area contributed by atoms with Crippen LogP contribution in [0.3, 0.4) is 0 Å². The van der Waals surface area contributed by atoms with Crippen molar-refractivity contribution in [3.05, 3.63) is 58.3 Å². The summed E-state index contributed by atoms with van der Waals surface area (Å²) in [5, 5.41) is 0. The fourth-order valence-corrected chi connectivity index (χ4v) is 2.28. The van der Waals surface area contributed by atoms with Crippen LogP contribution < -0.4 is 9.64 Å². The van der Waals surface area contributed by atoms with Gasteiger partial charge in [-0.1, -0.05) is 12.1 Å². The predicted molar refractivity (Wildman–Crippen MR) is 79.2 cm³/mol. The van der Waals surface area contributed by atoms with Crippen LogP contribution in [-0.2, 0) is 6.54 Å². The monoisotopic (exact) mass is 323 g/mol. The van der Waals surface area contributed by atoms with Crippen molar-refractivity contribution in [3.63, 3.8) is 0 Å². The van der Waals surface area contributed by atoms with Crippen LogP contribution in [0.1, 0.15) is 5.56 Å². The van der Waals surface area contributed by atoms with Crippen LogP contribution in [0.15, 0.2) is 46.9 Å². The molecular weight excluding hydrogens is 309 g/mol. The molecule has 0 amide bonds. The highest BCUT2D eigenvalue weighted by atomic mass is 79.9. The third-order valence-electron chi connectivity index (χ3n) is 2.90. The normalized spacial score (nSPS) is 10.3. The summed E-state index contributed by atoms with van der Waals surface area (Å²) in [6, 6.07) is 12.9. The zero-order valence-corrected chi connectivity index (χ0v) is 12.4. The molecule has 0 heterocycles. The maximum absolute atomic E-state index is 13.2. The lowest BCUT2D eigenvalue weighted by molar-refractivity contribution is 0.415. The zero-order chi connectivity index (χ0) is 13.8. The van der Waals surface area contributed by atoms with Crippen LogP contribution in [0, 0.1) is 5.82 Å². The minimum Gasteiger partial charge on any atom is -0.497 e. The van der Waals surface area contributed by atoms with Crippen molar-refractivity contribution >= 4 is 21.6 Å². The van der Waals surface area contributed by atoms with Crippen molar-refractivity contribution in [2.24, 2.45) is 0 Å². The molecule has 0 saturated carbocycles. The van der Waals surface area contributed by atoms with E-state index in [0.29, 0.717) is 11.0 Å². The molecule has 0 unspecified atom stereocenters. The third-order valence-corrected chi connectivity index (χ3v) is 3.51. The molecule has 0 aliphatic rings. The molecule has 0 bridgehead atoms. The number of hydrogen-bond donors (Lipinski definition) is 0. The van der Waals surface area contributed by atoms with E-state index in [2.05, 4.69) is 20.8 Å². The van der Waals surface area contributed by atoms with Gasteiger partial charge in [0, 0.05) is 25.3 Å². The molecule has 0 aliphatic heterocycles. The Morgan fingerprint density at radius 1 is 1.21 bits per heavy atom. The maximum Gasteiger partial charge on any atom is 0.137 e. The predicted octanol–water partition coefficient (Wildman–Crippen LogP) is 4.23. The van der Waals surface area contributed by atoms with E-state index in [1.807, 2.05) is 31.3 Å². The third kappa shape index (κ3) is 3.47. The van der Waals surface area contributed by atoms with Crippen molar-refractivity contribution in [1.29, 1.82) is 0 Å². The van der Waals surface area contributed by atoms with Crippen molar-refractivity contribution in [3.8, 4) is 5.75 Å². The highest BCUT2D eigenvalue weighted by Gasteiger charge is 2.05. The molecule has 0 atom stereocenters. The molecule has 19 heavy (non-hydrogen) atoms. The quantitative estimate of drug-likeness (QED) is 0.834. The van der Waals surface area contributed by atoms with Gasteiger partial charge in [-0.15, -0.1) is 0 Å². The smallest absolute Gasteiger partial charge is 0.137 e. The summed E-state index contributed by atoms with van der Waals surface area (Å²) < 4.78 is 18.9. The maximum atomic E-state index is 13.2. The summed E-state index contributed by atoms with van der Waals surface area (Å²) in [5.41, 5.74) is 2.10. The number of benzene rings is 2. The van der Waals surface area contributed by atoms with Gasteiger partial charge in [-0.05, 0) is 45.8 Å². The number of ether oxygens (including phenoxy) is 1. The molecule has 0 fully saturated rings. The van der Waals surface area contributed by atoms with Crippen LogP contribution >= 0.6 is 15.9 Å². The largest absolute Gasteiger partial charge is 0.497 e. The highest BCUT2D eigenvalue weighted by molar-refractivity contribution is 9.10. The second-order valence-electron chi connectivity index (χ2n) is 4.31. The summed E-state index contributed by atoms with van der Waals surface area (Å²) in [6.07, 6.45) is 0. The van der Waals surface area contributed by atoms with Gasteiger partial charge in [0.25, 0.3) is 0 Å². The molecule has 2 aromatic carbocycles. The average molecular weight is 324 g/mol. The number of rotatable bonds is 4. The number of methoxy groups -OCH3 is 1. The Balaban J connectivity index is 2.15. The molecule has 0 saturated heterocycles. The van der Waals surface area contributed by atoms with E-state index in [-0.39, 0.29) is 5.82 Å². The molecule has 0 radical (unpaired) electrons. The fraction of sp³-hybridized carbons (Fsp3) is 0.200. The Morgan fingerprint density at radius 2 is 2.00 bits per heavy atom. The molecule has 0 spiro atoms. The Hall–Kier alpha value is -1.55. The summed E-state index contributed by atoms with van der Waals surface area (Å²) in [6.45, 7) is 0.700. The first-order valence-electron chi connectivity index (χ1n) is 5.89. The highest BCUT2D eigenvalue weighted by Crippen LogP contribution is 2.23. The van der Waals surface area contributed by atoms with Gasteiger partial charge < -0.3 is 9.64 Å². The number of anilines is 1. The summed E-state index contributed by atoms with van der Waals surface area (Å²) >= 11 is 3.20. The Morgan fingerprint density at radius 3 is 2.68 bits per heavy atom. The van der Waals surface area contributed by atoms with Crippen LogP contribution in [-0.4, -0.2) is 14.2 Å². The Labute approximate surface area is 120 Å². The molecule has 0 aliphatic carbocycles. The van der Waals surface area contributed by atoms with Gasteiger partial charge in [-0.25, -0.2) is 4.39 Å². The SMILES string of the molecule is COc1cccc(N(C)Cc2ccc(F)c(Br)c2)c1. The topological polar surface area (TPSA) is 12.5 Å². The standard InChI is InChI=1S/C15H15BrFNO/c1-18(12-4-3-5-13(9-12)19-2)10-11-6-7-15(17)14(16)8-11/h3-9H,10H2,1-2H3. The second kappa shape index (κ2) is 6.06. The number of hydrogen-bond acceptors (Lipinski definition) is 2. The number of nitrogens with zero attached hydrogens (tertiary/aromatic N) is 1. The second-order valence-corrected chi connectivity index (χ2v) is 5.16. The summed E-state index contributed by atoms with van der Waals surface area (Å²) in [7, 11) is 3.64. The van der Waals surface area contributed by atoms with E-state index < -0.39 is 0 Å². The van der Waals surface area contributed by atoms with Crippen molar-refractivity contribution in [2.45, 2.75) is 6.54 Å². The lowest BCUT2D eigenvalue weighted by Gasteiger charge is -2.20. The van der Waals surface area contributed by atoms with Gasteiger partial charge in [-0.3, -0.25) is 0 Å². The lowest BCUT2D eigenvalue weighted by atomic mass is 10.2. The van der Waals surface area contributed by atoms with Crippen LogP contribution in [0.4, 0.5) is 10.1 Å². The van der Waals surface area contributed by atoms with E-state index in [4.69, 9.17) is 4.74 Å². The molecule has 0 aromatic heterocycles. The van der Waals surface area contributed by atoms with Crippen LogP contribution in [0.5, 0.6) is 5.75 Å². The van der Waals surface area contributed by atoms with Crippen LogP contribution in [0.2, 0.25) is 0 Å². The van der Waals surface area contributed by atoms with E-state index in [9.17, 15) is 4.39 Å². The molecule has 2 aromatic rings. The van der Waals surface area contributed by atoms with Gasteiger partial charge in [0.05, 0.1) is 11.6 Å². The van der Waals surface area contributed by atoms with Gasteiger partial charge >= 0.3 is 0 Å². The Kier molecular flexibility index (Phi) is 4.43. The van der Waals surface area contributed by atoms with Gasteiger partial charge in [0.15, 0.2) is 0 Å².